The first-order valence-corrected chi connectivity index (χ1v) is 5.86. The average molecular weight is 260 g/mol. The second kappa shape index (κ2) is 5.31. The van der Waals surface area contributed by atoms with Crippen LogP contribution in [0, 0.1) is 11.2 Å². The number of aliphatic hydroxyl groups is 1. The summed E-state index contributed by atoms with van der Waals surface area (Å²) in [5, 5.41) is 12.9. The summed E-state index contributed by atoms with van der Waals surface area (Å²) in [5.74, 6) is -0.335. The first kappa shape index (κ1) is 12.8. The number of hydrogen-bond donors (Lipinski definition) is 2. The number of rotatable bonds is 5. The molecule has 0 atom stereocenters. The molecule has 0 radical (unpaired) electrons. The standard InChI is InChI=1S/C12H15ClFNO2/c13-11-3-10(14)2-1-9(11)4-15-5-12(6-16)7-17-8-12/h1-3,15-16H,4-8H2. The maximum Gasteiger partial charge on any atom is 0.124 e. The highest BCUT2D eigenvalue weighted by molar-refractivity contribution is 6.31. The summed E-state index contributed by atoms with van der Waals surface area (Å²) in [4.78, 5) is 0. The van der Waals surface area contributed by atoms with Crippen molar-refractivity contribution in [3.05, 3.63) is 34.6 Å². The van der Waals surface area contributed by atoms with Crippen LogP contribution in [0.1, 0.15) is 5.56 Å². The number of ether oxygens (including phenoxy) is 1. The fourth-order valence-electron chi connectivity index (χ4n) is 1.77. The number of nitrogens with one attached hydrogen (secondary N) is 1. The zero-order valence-electron chi connectivity index (χ0n) is 9.38. The van der Waals surface area contributed by atoms with Crippen molar-refractivity contribution in [1.29, 1.82) is 0 Å². The topological polar surface area (TPSA) is 41.5 Å². The predicted octanol–water partition coefficient (Wildman–Crippen LogP) is 1.58. The summed E-state index contributed by atoms with van der Waals surface area (Å²) in [6.07, 6.45) is 0. The van der Waals surface area contributed by atoms with Gasteiger partial charge in [-0.2, -0.15) is 0 Å². The highest BCUT2D eigenvalue weighted by Gasteiger charge is 2.37. The van der Waals surface area contributed by atoms with Gasteiger partial charge in [-0.05, 0) is 17.7 Å². The Morgan fingerprint density at radius 2 is 2.24 bits per heavy atom. The van der Waals surface area contributed by atoms with Crippen LogP contribution in [0.3, 0.4) is 0 Å². The second-order valence-electron chi connectivity index (χ2n) is 4.49. The van der Waals surface area contributed by atoms with Crippen LogP contribution in [0.2, 0.25) is 5.02 Å². The Kier molecular flexibility index (Phi) is 3.99. The molecule has 1 saturated heterocycles. The molecule has 0 unspecified atom stereocenters. The molecule has 2 N–H and O–H groups in total. The van der Waals surface area contributed by atoms with E-state index in [-0.39, 0.29) is 17.8 Å². The van der Waals surface area contributed by atoms with Gasteiger partial charge in [-0.3, -0.25) is 0 Å². The second-order valence-corrected chi connectivity index (χ2v) is 4.90. The van der Waals surface area contributed by atoms with Gasteiger partial charge in [-0.15, -0.1) is 0 Å². The lowest BCUT2D eigenvalue weighted by atomic mass is 9.87. The number of benzene rings is 1. The summed E-state index contributed by atoms with van der Waals surface area (Å²) in [6.45, 7) is 2.48. The molecule has 2 rings (SSSR count). The van der Waals surface area contributed by atoms with E-state index in [1.807, 2.05) is 0 Å². The normalized spacial score (nSPS) is 17.8. The third-order valence-corrected chi connectivity index (χ3v) is 3.33. The Morgan fingerprint density at radius 1 is 1.47 bits per heavy atom. The molecule has 0 aliphatic carbocycles. The van der Waals surface area contributed by atoms with E-state index in [0.717, 1.165) is 5.56 Å². The van der Waals surface area contributed by atoms with Crippen molar-refractivity contribution in [3.63, 3.8) is 0 Å². The van der Waals surface area contributed by atoms with Crippen molar-refractivity contribution in [2.75, 3.05) is 26.4 Å². The third-order valence-electron chi connectivity index (χ3n) is 2.98. The number of hydrogen-bond acceptors (Lipinski definition) is 3. The zero-order chi connectivity index (χ0) is 12.3. The fourth-order valence-corrected chi connectivity index (χ4v) is 2.00. The van der Waals surface area contributed by atoms with Crippen molar-refractivity contribution in [1.82, 2.24) is 5.32 Å². The van der Waals surface area contributed by atoms with E-state index in [2.05, 4.69) is 5.32 Å². The maximum atomic E-state index is 12.8. The largest absolute Gasteiger partial charge is 0.396 e. The Bertz CT molecular complexity index is 391. The van der Waals surface area contributed by atoms with Gasteiger partial charge in [0.05, 0.1) is 25.2 Å². The highest BCUT2D eigenvalue weighted by Crippen LogP contribution is 2.26. The summed E-state index contributed by atoms with van der Waals surface area (Å²) in [7, 11) is 0. The molecule has 5 heteroatoms. The van der Waals surface area contributed by atoms with E-state index in [0.29, 0.717) is 31.3 Å². The molecule has 0 aromatic heterocycles. The minimum absolute atomic E-state index is 0.108. The third kappa shape index (κ3) is 2.96. The molecule has 0 bridgehead atoms. The minimum atomic E-state index is -0.335. The van der Waals surface area contributed by atoms with Crippen LogP contribution >= 0.6 is 11.6 Å². The monoisotopic (exact) mass is 259 g/mol. The SMILES string of the molecule is OCC1(CNCc2ccc(F)cc2Cl)COC1. The molecule has 1 aliphatic heterocycles. The predicted molar refractivity (Wildman–Crippen MR) is 63.5 cm³/mol. The van der Waals surface area contributed by atoms with Crippen LogP contribution in [0.25, 0.3) is 0 Å². The van der Waals surface area contributed by atoms with Crippen LogP contribution < -0.4 is 5.32 Å². The van der Waals surface area contributed by atoms with E-state index in [1.165, 1.54) is 12.1 Å². The lowest BCUT2D eigenvalue weighted by Gasteiger charge is -2.40. The molecular formula is C12H15ClFNO2. The summed E-state index contributed by atoms with van der Waals surface area (Å²) in [6, 6.07) is 4.34. The van der Waals surface area contributed by atoms with Crippen LogP contribution in [0.4, 0.5) is 4.39 Å². The first-order valence-electron chi connectivity index (χ1n) is 5.48. The molecule has 1 heterocycles. The highest BCUT2D eigenvalue weighted by atomic mass is 35.5. The van der Waals surface area contributed by atoms with Crippen molar-refractivity contribution < 1.29 is 14.2 Å². The van der Waals surface area contributed by atoms with E-state index in [1.54, 1.807) is 6.07 Å². The van der Waals surface area contributed by atoms with Gasteiger partial charge in [-0.1, -0.05) is 17.7 Å². The quantitative estimate of drug-likeness (QED) is 0.844. The molecular weight excluding hydrogens is 245 g/mol. The van der Waals surface area contributed by atoms with Crippen molar-refractivity contribution in [2.45, 2.75) is 6.54 Å². The molecule has 94 valence electrons. The van der Waals surface area contributed by atoms with Gasteiger partial charge in [0.2, 0.25) is 0 Å². The Balaban J connectivity index is 1.85. The van der Waals surface area contributed by atoms with Gasteiger partial charge >= 0.3 is 0 Å². The zero-order valence-corrected chi connectivity index (χ0v) is 10.1. The van der Waals surface area contributed by atoms with Gasteiger partial charge < -0.3 is 15.2 Å². The summed E-state index contributed by atoms with van der Waals surface area (Å²) in [5.41, 5.74) is 0.688. The van der Waals surface area contributed by atoms with Crippen molar-refractivity contribution in [3.8, 4) is 0 Å². The van der Waals surface area contributed by atoms with E-state index < -0.39 is 0 Å². The first-order chi connectivity index (χ1) is 8.15. The molecule has 17 heavy (non-hydrogen) atoms. The molecule has 1 fully saturated rings. The smallest absolute Gasteiger partial charge is 0.124 e. The molecule has 1 aromatic carbocycles. The van der Waals surface area contributed by atoms with Crippen LogP contribution in [-0.2, 0) is 11.3 Å². The lowest BCUT2D eigenvalue weighted by Crippen LogP contribution is -2.52. The molecule has 3 nitrogen and oxygen atoms in total. The van der Waals surface area contributed by atoms with Crippen molar-refractivity contribution >= 4 is 11.6 Å². The molecule has 1 aliphatic rings. The van der Waals surface area contributed by atoms with Crippen molar-refractivity contribution in [2.24, 2.45) is 5.41 Å². The summed E-state index contributed by atoms with van der Waals surface area (Å²) >= 11 is 5.91. The number of halogens is 2. The molecule has 0 spiro atoms. The Morgan fingerprint density at radius 3 is 2.76 bits per heavy atom. The minimum Gasteiger partial charge on any atom is -0.396 e. The van der Waals surface area contributed by atoms with Gasteiger partial charge in [0.25, 0.3) is 0 Å². The van der Waals surface area contributed by atoms with E-state index in [9.17, 15) is 9.50 Å². The molecule has 0 saturated carbocycles. The van der Waals surface area contributed by atoms with Gasteiger partial charge in [0.1, 0.15) is 5.82 Å². The maximum absolute atomic E-state index is 12.8. The Labute approximate surface area is 105 Å². The van der Waals surface area contributed by atoms with Gasteiger partial charge in [-0.25, -0.2) is 4.39 Å². The fraction of sp³-hybridized carbons (Fsp3) is 0.500. The van der Waals surface area contributed by atoms with Crippen LogP contribution in [-0.4, -0.2) is 31.5 Å². The Hall–Kier alpha value is -0.680. The molecule has 1 aromatic rings. The average Bonchev–Trinajstić information content (AvgIpc) is 2.25. The van der Waals surface area contributed by atoms with Crippen LogP contribution in [0.15, 0.2) is 18.2 Å². The van der Waals surface area contributed by atoms with E-state index >= 15 is 0 Å². The van der Waals surface area contributed by atoms with E-state index in [4.69, 9.17) is 16.3 Å². The van der Waals surface area contributed by atoms with Gasteiger partial charge in [0, 0.05) is 18.1 Å². The van der Waals surface area contributed by atoms with Gasteiger partial charge in [0.15, 0.2) is 0 Å². The summed E-state index contributed by atoms with van der Waals surface area (Å²) < 4.78 is 17.9. The lowest BCUT2D eigenvalue weighted by molar-refractivity contribution is -0.134. The van der Waals surface area contributed by atoms with Crippen LogP contribution in [0.5, 0.6) is 0 Å². The number of aliphatic hydroxyl groups excluding tert-OH is 1. The molecule has 0 amide bonds.